The second-order valence-electron chi connectivity index (χ2n) is 11.7. The molecule has 1 atom stereocenters. The first-order valence-electron chi connectivity index (χ1n) is 15.1. The molecular weight excluding hydrogens is 566 g/mol. The minimum absolute atomic E-state index is 0.130. The number of alkyl halides is 2. The number of rotatable bonds is 9. The van der Waals surface area contributed by atoms with Crippen LogP contribution in [0, 0.1) is 18.3 Å². The number of amides is 1. The number of nitrogens with zero attached hydrogens (tertiary/aromatic N) is 6. The molecule has 230 valence electrons. The Morgan fingerprint density at radius 2 is 1.93 bits per heavy atom. The molecule has 0 bridgehead atoms. The first kappa shape index (κ1) is 29.8. The van der Waals surface area contributed by atoms with E-state index in [0.29, 0.717) is 32.6 Å². The summed E-state index contributed by atoms with van der Waals surface area (Å²) in [5.74, 6) is -2.09. The van der Waals surface area contributed by atoms with Crippen LogP contribution >= 0.6 is 0 Å². The van der Waals surface area contributed by atoms with Gasteiger partial charge in [0.1, 0.15) is 12.4 Å². The van der Waals surface area contributed by atoms with Gasteiger partial charge in [0.15, 0.2) is 0 Å². The molecule has 1 saturated heterocycles. The van der Waals surface area contributed by atoms with Crippen LogP contribution in [-0.2, 0) is 22.5 Å². The highest BCUT2D eigenvalue weighted by Gasteiger charge is 2.46. The van der Waals surface area contributed by atoms with E-state index in [-0.39, 0.29) is 50.4 Å². The Morgan fingerprint density at radius 3 is 2.68 bits per heavy atom. The van der Waals surface area contributed by atoms with Crippen LogP contribution in [0.2, 0.25) is 0 Å². The SMILES string of the molecule is C=CC(=O)N1CCN(c2nc(OCCOC3CC(F)(F)C3)nc3c2CCN(c2cccc4cccc(C)c24)C3)C[C@@H]1CC#N. The standard InChI is InChI=1S/C33H36F2N6O3/c1-3-29(42)41-15-14-40(20-24(41)10-12-36)31-26-11-13-39(28-9-5-8-23-7-4-6-22(2)30(23)28)21-27(26)37-32(38-31)44-17-16-43-25-18-33(34,35)19-25/h3-9,24-25H,1,10-11,13-21H2,2H3/t24-/m0/s1. The van der Waals surface area contributed by atoms with Crippen LogP contribution in [0.15, 0.2) is 49.1 Å². The number of carbonyl (C=O) groups is 1. The fourth-order valence-corrected chi connectivity index (χ4v) is 6.50. The molecule has 1 aromatic heterocycles. The van der Waals surface area contributed by atoms with Crippen LogP contribution in [0.1, 0.15) is 36.1 Å². The van der Waals surface area contributed by atoms with Crippen LogP contribution in [0.25, 0.3) is 10.8 Å². The zero-order chi connectivity index (χ0) is 30.8. The Morgan fingerprint density at radius 1 is 1.14 bits per heavy atom. The Kier molecular flexibility index (Phi) is 8.36. The number of benzene rings is 2. The predicted molar refractivity (Wildman–Crippen MR) is 163 cm³/mol. The van der Waals surface area contributed by atoms with Gasteiger partial charge < -0.3 is 24.2 Å². The summed E-state index contributed by atoms with van der Waals surface area (Å²) in [6.45, 7) is 8.78. The molecule has 3 aliphatic rings. The van der Waals surface area contributed by atoms with Gasteiger partial charge in [-0.05, 0) is 36.4 Å². The maximum atomic E-state index is 13.2. The molecule has 0 unspecified atom stereocenters. The van der Waals surface area contributed by atoms with Crippen LogP contribution in [0.5, 0.6) is 6.01 Å². The highest BCUT2D eigenvalue weighted by Crippen LogP contribution is 2.39. The summed E-state index contributed by atoms with van der Waals surface area (Å²) in [5.41, 5.74) is 4.22. The van der Waals surface area contributed by atoms with Gasteiger partial charge in [0, 0.05) is 55.7 Å². The molecule has 1 amide bonds. The van der Waals surface area contributed by atoms with E-state index in [4.69, 9.17) is 19.4 Å². The van der Waals surface area contributed by atoms with Crippen molar-refractivity contribution in [2.24, 2.45) is 0 Å². The number of aryl methyl sites for hydroxylation is 1. The maximum absolute atomic E-state index is 13.2. The van der Waals surface area contributed by atoms with E-state index in [1.165, 1.54) is 22.4 Å². The van der Waals surface area contributed by atoms with Gasteiger partial charge in [-0.3, -0.25) is 4.79 Å². The lowest BCUT2D eigenvalue weighted by atomic mass is 9.91. The summed E-state index contributed by atoms with van der Waals surface area (Å²) in [4.78, 5) is 28.3. The fourth-order valence-electron chi connectivity index (χ4n) is 6.50. The summed E-state index contributed by atoms with van der Waals surface area (Å²) < 4.78 is 37.9. The van der Waals surface area contributed by atoms with Gasteiger partial charge in [-0.15, -0.1) is 0 Å². The van der Waals surface area contributed by atoms with E-state index in [1.807, 2.05) is 0 Å². The van der Waals surface area contributed by atoms with Gasteiger partial charge >= 0.3 is 6.01 Å². The topological polar surface area (TPSA) is 94.8 Å². The zero-order valence-corrected chi connectivity index (χ0v) is 24.8. The molecule has 44 heavy (non-hydrogen) atoms. The number of ether oxygens (including phenoxy) is 2. The second kappa shape index (κ2) is 12.4. The Balaban J connectivity index is 1.27. The van der Waals surface area contributed by atoms with Crippen LogP contribution in [0.4, 0.5) is 20.3 Å². The van der Waals surface area contributed by atoms with Crippen LogP contribution in [-0.4, -0.2) is 78.2 Å². The van der Waals surface area contributed by atoms with Crippen molar-refractivity contribution in [2.75, 3.05) is 49.2 Å². The summed E-state index contributed by atoms with van der Waals surface area (Å²) >= 11 is 0. The third-order valence-electron chi connectivity index (χ3n) is 8.74. The molecule has 0 N–H and O–H groups in total. The molecule has 2 aliphatic heterocycles. The van der Waals surface area contributed by atoms with Crippen molar-refractivity contribution < 1.29 is 23.0 Å². The number of halogens is 2. The second-order valence-corrected chi connectivity index (χ2v) is 11.7. The van der Waals surface area contributed by atoms with E-state index in [0.717, 1.165) is 29.3 Å². The molecule has 3 aromatic rings. The quantitative estimate of drug-likeness (QED) is 0.255. The highest BCUT2D eigenvalue weighted by atomic mass is 19.3. The van der Waals surface area contributed by atoms with Crippen molar-refractivity contribution in [1.29, 1.82) is 5.26 Å². The molecule has 2 aromatic carbocycles. The largest absolute Gasteiger partial charge is 0.461 e. The van der Waals surface area contributed by atoms with E-state index in [1.54, 1.807) is 4.90 Å². The number of anilines is 2. The predicted octanol–water partition coefficient (Wildman–Crippen LogP) is 4.81. The van der Waals surface area contributed by atoms with Crippen molar-refractivity contribution in [3.05, 3.63) is 65.9 Å². The average molecular weight is 603 g/mol. The molecule has 1 saturated carbocycles. The van der Waals surface area contributed by atoms with Gasteiger partial charge in [-0.2, -0.15) is 15.2 Å². The number of carbonyl (C=O) groups excluding carboxylic acids is 1. The Labute approximate surface area is 255 Å². The first-order valence-corrected chi connectivity index (χ1v) is 15.1. The minimum Gasteiger partial charge on any atom is -0.461 e. The summed E-state index contributed by atoms with van der Waals surface area (Å²) in [7, 11) is 0. The van der Waals surface area contributed by atoms with Crippen molar-refractivity contribution in [3.8, 4) is 12.1 Å². The Bertz CT molecular complexity index is 1600. The van der Waals surface area contributed by atoms with E-state index in [9.17, 15) is 18.8 Å². The lowest BCUT2D eigenvalue weighted by Crippen LogP contribution is -2.55. The molecule has 9 nitrogen and oxygen atoms in total. The third-order valence-corrected chi connectivity index (χ3v) is 8.74. The third kappa shape index (κ3) is 6.04. The Hall–Kier alpha value is -4.30. The van der Waals surface area contributed by atoms with E-state index < -0.39 is 12.0 Å². The highest BCUT2D eigenvalue weighted by molar-refractivity contribution is 5.97. The molecule has 0 radical (unpaired) electrons. The number of nitriles is 1. The molecule has 0 spiro atoms. The van der Waals surface area contributed by atoms with Crippen molar-refractivity contribution in [1.82, 2.24) is 14.9 Å². The van der Waals surface area contributed by atoms with Crippen LogP contribution in [0.3, 0.4) is 0 Å². The first-order chi connectivity index (χ1) is 21.3. The summed E-state index contributed by atoms with van der Waals surface area (Å²) in [6, 6.07) is 14.8. The number of aromatic nitrogens is 2. The number of hydrogen-bond acceptors (Lipinski definition) is 8. The molecule has 11 heteroatoms. The lowest BCUT2D eigenvalue weighted by molar-refractivity contribution is -0.167. The molecular formula is C33H36F2N6O3. The van der Waals surface area contributed by atoms with Gasteiger partial charge in [0.2, 0.25) is 5.91 Å². The summed E-state index contributed by atoms with van der Waals surface area (Å²) in [6.07, 6.45) is 1.20. The van der Waals surface area contributed by atoms with Gasteiger partial charge in [0.05, 0.1) is 43.5 Å². The van der Waals surface area contributed by atoms with Gasteiger partial charge in [0.25, 0.3) is 5.92 Å². The summed E-state index contributed by atoms with van der Waals surface area (Å²) in [5, 5.41) is 11.9. The van der Waals surface area contributed by atoms with Crippen molar-refractivity contribution in [2.45, 2.75) is 57.2 Å². The smallest absolute Gasteiger partial charge is 0.318 e. The van der Waals surface area contributed by atoms with Gasteiger partial charge in [-0.1, -0.05) is 36.9 Å². The zero-order valence-electron chi connectivity index (χ0n) is 24.8. The van der Waals surface area contributed by atoms with E-state index >= 15 is 0 Å². The molecule has 3 heterocycles. The van der Waals surface area contributed by atoms with E-state index in [2.05, 4.69) is 65.8 Å². The molecule has 6 rings (SSSR count). The maximum Gasteiger partial charge on any atom is 0.318 e. The number of hydrogen-bond donors (Lipinski definition) is 0. The van der Waals surface area contributed by atoms with Crippen molar-refractivity contribution in [3.63, 3.8) is 0 Å². The monoisotopic (exact) mass is 602 g/mol. The van der Waals surface area contributed by atoms with Gasteiger partial charge in [-0.25, -0.2) is 8.78 Å². The minimum atomic E-state index is -2.64. The van der Waals surface area contributed by atoms with Crippen LogP contribution < -0.4 is 14.5 Å². The average Bonchev–Trinajstić information content (AvgIpc) is 3.01. The lowest BCUT2D eigenvalue weighted by Gasteiger charge is -2.42. The fraction of sp³-hybridized carbons (Fsp3) is 0.455. The number of piperazine rings is 1. The molecule has 2 fully saturated rings. The van der Waals surface area contributed by atoms with Crippen molar-refractivity contribution >= 4 is 28.2 Å². The number of fused-ring (bicyclic) bond motifs is 2. The molecule has 1 aliphatic carbocycles. The normalized spacial score (nSPS) is 19.7.